The van der Waals surface area contributed by atoms with E-state index in [9.17, 15) is 9.90 Å². The van der Waals surface area contributed by atoms with Crippen LogP contribution in [0, 0.1) is 0 Å². The molecule has 1 aromatic carbocycles. The van der Waals surface area contributed by atoms with Crippen molar-refractivity contribution in [1.29, 1.82) is 0 Å². The zero-order valence-corrected chi connectivity index (χ0v) is 11.9. The Hall–Kier alpha value is -2.18. The fourth-order valence-electron chi connectivity index (χ4n) is 1.69. The van der Waals surface area contributed by atoms with Gasteiger partial charge in [0.2, 0.25) is 0 Å². The van der Waals surface area contributed by atoms with Crippen LogP contribution in [0.25, 0.3) is 11.3 Å². The molecule has 0 saturated heterocycles. The number of aromatic hydroxyl groups is 1. The Morgan fingerprint density at radius 2 is 2.15 bits per heavy atom. The van der Waals surface area contributed by atoms with Gasteiger partial charge in [-0.25, -0.2) is 4.98 Å². The molecule has 0 radical (unpaired) electrons. The highest BCUT2D eigenvalue weighted by Gasteiger charge is 2.12. The van der Waals surface area contributed by atoms with E-state index >= 15 is 0 Å². The monoisotopic (exact) mass is 302 g/mol. The Kier molecular flexibility index (Phi) is 3.49. The number of phenols is 1. The van der Waals surface area contributed by atoms with Crippen LogP contribution in [0.3, 0.4) is 0 Å². The fourth-order valence-corrected chi connectivity index (χ4v) is 3.06. The highest BCUT2D eigenvalue weighted by atomic mass is 32.1. The SMILES string of the molecule is O=C(Nc1cccc(O)c1)c1nc(-c2ccsc2)cs1. The van der Waals surface area contributed by atoms with Crippen molar-refractivity contribution in [3.05, 3.63) is 51.5 Å². The lowest BCUT2D eigenvalue weighted by atomic mass is 10.3. The number of phenolic OH excluding ortho intramolecular Hbond substituents is 1. The van der Waals surface area contributed by atoms with Gasteiger partial charge < -0.3 is 10.4 Å². The largest absolute Gasteiger partial charge is 0.508 e. The molecule has 0 saturated carbocycles. The number of anilines is 1. The third-order valence-corrected chi connectivity index (χ3v) is 4.14. The molecule has 0 fully saturated rings. The van der Waals surface area contributed by atoms with E-state index in [4.69, 9.17) is 0 Å². The number of carbonyl (C=O) groups excluding carboxylic acids is 1. The molecule has 0 unspecified atom stereocenters. The maximum atomic E-state index is 12.1. The lowest BCUT2D eigenvalue weighted by molar-refractivity contribution is 0.102. The minimum atomic E-state index is -0.276. The summed E-state index contributed by atoms with van der Waals surface area (Å²) in [6.45, 7) is 0. The second-order valence-corrected chi connectivity index (χ2v) is 5.69. The number of aromatic nitrogens is 1. The number of nitrogens with one attached hydrogen (secondary N) is 1. The lowest BCUT2D eigenvalue weighted by Gasteiger charge is -2.02. The number of thiophene rings is 1. The van der Waals surface area contributed by atoms with Gasteiger partial charge in [0, 0.05) is 28.1 Å². The summed E-state index contributed by atoms with van der Waals surface area (Å²) in [4.78, 5) is 16.4. The fraction of sp³-hybridized carbons (Fsp3) is 0. The molecular weight excluding hydrogens is 292 g/mol. The number of carbonyl (C=O) groups is 1. The van der Waals surface area contributed by atoms with Gasteiger partial charge in [0.05, 0.1) is 5.69 Å². The van der Waals surface area contributed by atoms with E-state index in [2.05, 4.69) is 10.3 Å². The highest BCUT2D eigenvalue weighted by Crippen LogP contribution is 2.24. The van der Waals surface area contributed by atoms with Crippen LogP contribution in [0.2, 0.25) is 0 Å². The van der Waals surface area contributed by atoms with Crippen molar-refractivity contribution in [3.8, 4) is 17.0 Å². The molecule has 0 aliphatic rings. The molecule has 0 atom stereocenters. The summed E-state index contributed by atoms with van der Waals surface area (Å²) >= 11 is 2.89. The third-order valence-electron chi connectivity index (χ3n) is 2.62. The molecule has 20 heavy (non-hydrogen) atoms. The number of hydrogen-bond acceptors (Lipinski definition) is 5. The van der Waals surface area contributed by atoms with Crippen LogP contribution in [0.15, 0.2) is 46.5 Å². The van der Waals surface area contributed by atoms with Crippen LogP contribution >= 0.6 is 22.7 Å². The summed E-state index contributed by atoms with van der Waals surface area (Å²) < 4.78 is 0. The van der Waals surface area contributed by atoms with Crippen molar-refractivity contribution in [2.24, 2.45) is 0 Å². The van der Waals surface area contributed by atoms with Gasteiger partial charge in [0.1, 0.15) is 5.75 Å². The van der Waals surface area contributed by atoms with E-state index in [-0.39, 0.29) is 11.7 Å². The van der Waals surface area contributed by atoms with E-state index < -0.39 is 0 Å². The van der Waals surface area contributed by atoms with Crippen LogP contribution in [0.5, 0.6) is 5.75 Å². The van der Waals surface area contributed by atoms with Crippen molar-refractivity contribution in [3.63, 3.8) is 0 Å². The number of hydrogen-bond donors (Lipinski definition) is 2. The minimum absolute atomic E-state index is 0.112. The van der Waals surface area contributed by atoms with Crippen LogP contribution in [-0.4, -0.2) is 16.0 Å². The summed E-state index contributed by atoms with van der Waals surface area (Å²) in [5.41, 5.74) is 2.36. The molecule has 3 aromatic rings. The first-order valence-electron chi connectivity index (χ1n) is 5.81. The number of nitrogens with zero attached hydrogens (tertiary/aromatic N) is 1. The zero-order chi connectivity index (χ0) is 13.9. The third kappa shape index (κ3) is 2.71. The average molecular weight is 302 g/mol. The van der Waals surface area contributed by atoms with Crippen molar-refractivity contribution >= 4 is 34.3 Å². The molecular formula is C14H10N2O2S2. The molecule has 6 heteroatoms. The van der Waals surface area contributed by atoms with Gasteiger partial charge in [-0.3, -0.25) is 4.79 Å². The molecule has 100 valence electrons. The summed E-state index contributed by atoms with van der Waals surface area (Å²) in [6, 6.07) is 8.39. The Balaban J connectivity index is 1.78. The second-order valence-electron chi connectivity index (χ2n) is 4.05. The number of benzene rings is 1. The molecule has 0 aliphatic heterocycles. The maximum absolute atomic E-state index is 12.1. The summed E-state index contributed by atoms with van der Waals surface area (Å²) in [7, 11) is 0. The summed E-state index contributed by atoms with van der Waals surface area (Å²) in [5, 5.41) is 18.3. The van der Waals surface area contributed by atoms with E-state index in [0.717, 1.165) is 11.3 Å². The van der Waals surface area contributed by atoms with Crippen LogP contribution in [-0.2, 0) is 0 Å². The number of amides is 1. The standard InChI is InChI=1S/C14H10N2O2S2/c17-11-3-1-2-10(6-11)15-13(18)14-16-12(8-20-14)9-4-5-19-7-9/h1-8,17H,(H,15,18). The van der Waals surface area contributed by atoms with Crippen molar-refractivity contribution in [1.82, 2.24) is 4.98 Å². The van der Waals surface area contributed by atoms with E-state index in [1.807, 2.05) is 22.2 Å². The first-order valence-corrected chi connectivity index (χ1v) is 7.63. The second kappa shape index (κ2) is 5.44. The summed E-state index contributed by atoms with van der Waals surface area (Å²) in [6.07, 6.45) is 0. The van der Waals surface area contributed by atoms with Crippen LogP contribution in [0.1, 0.15) is 9.80 Å². The molecule has 1 amide bonds. The molecule has 3 rings (SSSR count). The minimum Gasteiger partial charge on any atom is -0.508 e. The average Bonchev–Trinajstić information content (AvgIpc) is 3.10. The lowest BCUT2D eigenvalue weighted by Crippen LogP contribution is -2.11. The van der Waals surface area contributed by atoms with Gasteiger partial charge in [-0.15, -0.1) is 11.3 Å². The predicted octanol–water partition coefficient (Wildman–Crippen LogP) is 3.83. The first kappa shape index (κ1) is 12.8. The van der Waals surface area contributed by atoms with Gasteiger partial charge in [-0.1, -0.05) is 6.07 Å². The van der Waals surface area contributed by atoms with Crippen LogP contribution in [0.4, 0.5) is 5.69 Å². The Bertz CT molecular complexity index is 735. The van der Waals surface area contributed by atoms with Gasteiger partial charge in [-0.05, 0) is 23.6 Å². The van der Waals surface area contributed by atoms with E-state index in [1.54, 1.807) is 29.5 Å². The zero-order valence-electron chi connectivity index (χ0n) is 10.2. The van der Waals surface area contributed by atoms with Gasteiger partial charge in [0.25, 0.3) is 5.91 Å². The van der Waals surface area contributed by atoms with Gasteiger partial charge in [-0.2, -0.15) is 11.3 Å². The Morgan fingerprint density at radius 1 is 1.25 bits per heavy atom. The van der Waals surface area contributed by atoms with Gasteiger partial charge >= 0.3 is 0 Å². The smallest absolute Gasteiger partial charge is 0.284 e. The molecule has 0 spiro atoms. The molecule has 0 bridgehead atoms. The van der Waals surface area contributed by atoms with E-state index in [0.29, 0.717) is 10.7 Å². The van der Waals surface area contributed by atoms with Crippen LogP contribution < -0.4 is 5.32 Å². The summed E-state index contributed by atoms with van der Waals surface area (Å²) in [5.74, 6) is -0.164. The first-order chi connectivity index (χ1) is 9.72. The molecule has 2 heterocycles. The molecule has 4 nitrogen and oxygen atoms in total. The molecule has 2 N–H and O–H groups in total. The topological polar surface area (TPSA) is 62.2 Å². The van der Waals surface area contributed by atoms with Gasteiger partial charge in [0.15, 0.2) is 5.01 Å². The van der Waals surface area contributed by atoms with Crippen molar-refractivity contribution in [2.45, 2.75) is 0 Å². The number of thiazole rings is 1. The maximum Gasteiger partial charge on any atom is 0.284 e. The van der Waals surface area contributed by atoms with E-state index in [1.165, 1.54) is 17.4 Å². The molecule has 2 aromatic heterocycles. The normalized spacial score (nSPS) is 10.4. The highest BCUT2D eigenvalue weighted by molar-refractivity contribution is 7.12. The Labute approximate surface area is 123 Å². The number of rotatable bonds is 3. The predicted molar refractivity (Wildman–Crippen MR) is 81.5 cm³/mol. The Morgan fingerprint density at radius 3 is 2.90 bits per heavy atom. The molecule has 0 aliphatic carbocycles. The quantitative estimate of drug-likeness (QED) is 0.773. The van der Waals surface area contributed by atoms with Crippen molar-refractivity contribution < 1.29 is 9.90 Å². The van der Waals surface area contributed by atoms with Crippen molar-refractivity contribution in [2.75, 3.05) is 5.32 Å².